The fourth-order valence-electron chi connectivity index (χ4n) is 2.86. The molecule has 14 heteroatoms. The summed E-state index contributed by atoms with van der Waals surface area (Å²) in [4.78, 5) is 10.4. The van der Waals surface area contributed by atoms with Crippen molar-refractivity contribution in [3.63, 3.8) is 0 Å². The minimum Gasteiger partial charge on any atom is -0.486 e. The molecule has 198 valence electrons. The summed E-state index contributed by atoms with van der Waals surface area (Å²) in [6.07, 6.45) is 0. The number of benzene rings is 3. The van der Waals surface area contributed by atoms with Gasteiger partial charge >= 0.3 is 10.2 Å². The van der Waals surface area contributed by atoms with Crippen LogP contribution in [0.1, 0.15) is 17.3 Å². The highest BCUT2D eigenvalue weighted by molar-refractivity contribution is 8.45. The van der Waals surface area contributed by atoms with Gasteiger partial charge in [-0.1, -0.05) is 54.2 Å². The van der Waals surface area contributed by atoms with Crippen LogP contribution in [0.4, 0.5) is 19.4 Å². The van der Waals surface area contributed by atoms with E-state index >= 15 is 0 Å². The molecule has 0 radical (unpaired) electrons. The average Bonchev–Trinajstić information content (AvgIpc) is 2.79. The van der Waals surface area contributed by atoms with E-state index in [4.69, 9.17) is 44.3 Å². The molecule has 0 aliphatic heterocycles. The van der Waals surface area contributed by atoms with E-state index in [1.165, 1.54) is 37.3 Å². The van der Waals surface area contributed by atoms with Gasteiger partial charge in [-0.2, -0.15) is 5.26 Å². The number of hydrogen-bond acceptors (Lipinski definition) is 4. The van der Waals surface area contributed by atoms with Crippen LogP contribution in [0.2, 0.25) is 15.1 Å². The third kappa shape index (κ3) is 7.55. The number of ether oxygens (including phenoxy) is 2. The van der Waals surface area contributed by atoms with Crippen molar-refractivity contribution < 1.29 is 33.7 Å². The molecule has 0 spiro atoms. The summed E-state index contributed by atoms with van der Waals surface area (Å²) in [5.74, 6) is -0.511. The van der Waals surface area contributed by atoms with Crippen molar-refractivity contribution in [1.82, 2.24) is 5.32 Å². The molecule has 3 aromatic rings. The molecule has 1 atom stereocenters. The van der Waals surface area contributed by atoms with Gasteiger partial charge in [0.2, 0.25) is 0 Å². The lowest BCUT2D eigenvalue weighted by atomic mass is 10.1. The Balaban J connectivity index is 1.77. The summed E-state index contributed by atoms with van der Waals surface area (Å²) in [5, 5.41) is 12.8. The molecule has 0 unspecified atom stereocenters. The summed E-state index contributed by atoms with van der Waals surface area (Å²) >= 11 is 18.1. The average molecular weight is 602 g/mol. The Kier molecular flexibility index (Phi) is 7.31. The van der Waals surface area contributed by atoms with Gasteiger partial charge in [-0.05, 0) is 61.5 Å². The van der Waals surface area contributed by atoms with Gasteiger partial charge in [-0.15, -0.1) is 0 Å². The predicted molar refractivity (Wildman–Crippen MR) is 133 cm³/mol. The van der Waals surface area contributed by atoms with E-state index in [9.17, 15) is 29.5 Å². The van der Waals surface area contributed by atoms with E-state index in [1.54, 1.807) is 6.07 Å². The number of rotatable bonds is 8. The quantitative estimate of drug-likeness (QED) is 0.261. The summed E-state index contributed by atoms with van der Waals surface area (Å²) in [5.41, 5.74) is -2.08. The van der Waals surface area contributed by atoms with Gasteiger partial charge in [-0.25, -0.2) is 0 Å². The first-order valence-corrected chi connectivity index (χ1v) is 13.1. The van der Waals surface area contributed by atoms with Crippen molar-refractivity contribution >= 4 is 50.9 Å². The summed E-state index contributed by atoms with van der Waals surface area (Å²) < 4.78 is 76.0. The Morgan fingerprint density at radius 2 is 1.49 bits per heavy atom. The van der Waals surface area contributed by atoms with Gasteiger partial charge in [0.25, 0.3) is 5.91 Å². The molecule has 5 nitrogen and oxygen atoms in total. The maximum absolute atomic E-state index is 12.9. The number of hydrogen-bond donors (Lipinski definition) is 1. The Morgan fingerprint density at radius 1 is 0.919 bits per heavy atom. The fourth-order valence-corrected chi connectivity index (χ4v) is 4.12. The number of carbonyl (C=O) groups is 1. The number of halogens is 8. The van der Waals surface area contributed by atoms with Crippen LogP contribution in [0.3, 0.4) is 0 Å². The maximum Gasteiger partial charge on any atom is 0.310 e. The minimum atomic E-state index is -9.89. The van der Waals surface area contributed by atoms with Crippen molar-refractivity contribution in [2.45, 2.75) is 17.4 Å². The van der Waals surface area contributed by atoms with E-state index in [-0.39, 0.29) is 45.0 Å². The normalized spacial score (nSPS) is 14.9. The van der Waals surface area contributed by atoms with Crippen molar-refractivity contribution in [3.05, 3.63) is 81.3 Å². The molecule has 0 aliphatic carbocycles. The van der Waals surface area contributed by atoms with Crippen molar-refractivity contribution in [2.24, 2.45) is 0 Å². The van der Waals surface area contributed by atoms with Gasteiger partial charge in [0.05, 0.1) is 11.1 Å². The lowest BCUT2D eigenvalue weighted by Crippen LogP contribution is -2.49. The number of amides is 1. The summed E-state index contributed by atoms with van der Waals surface area (Å²) in [6.45, 7) is 0.832. The monoisotopic (exact) mass is 600 g/mol. The molecule has 3 rings (SSSR count). The third-order valence-corrected chi connectivity index (χ3v) is 6.66. The van der Waals surface area contributed by atoms with Crippen molar-refractivity contribution in [2.75, 3.05) is 6.61 Å². The van der Waals surface area contributed by atoms with Crippen LogP contribution in [0, 0.1) is 11.3 Å². The topological polar surface area (TPSA) is 71.3 Å². The molecule has 0 bridgehead atoms. The lowest BCUT2D eigenvalue weighted by molar-refractivity contribution is 0.0900. The number of nitriles is 1. The van der Waals surface area contributed by atoms with E-state index < -0.39 is 33.2 Å². The largest absolute Gasteiger partial charge is 0.486 e. The Hall–Kier alpha value is -2.91. The van der Waals surface area contributed by atoms with Crippen LogP contribution in [0.15, 0.2) is 65.6 Å². The minimum absolute atomic E-state index is 0.0782. The molecule has 0 saturated carbocycles. The second kappa shape index (κ2) is 9.44. The van der Waals surface area contributed by atoms with Crippen LogP contribution in [0.5, 0.6) is 17.2 Å². The van der Waals surface area contributed by atoms with Crippen LogP contribution in [-0.2, 0) is 0 Å². The van der Waals surface area contributed by atoms with Gasteiger partial charge in [0.15, 0.2) is 17.0 Å². The molecule has 1 N–H and O–H groups in total. The molecule has 37 heavy (non-hydrogen) atoms. The third-order valence-electron chi connectivity index (χ3n) is 4.73. The first-order chi connectivity index (χ1) is 16.9. The second-order valence-corrected chi connectivity index (χ2v) is 11.6. The predicted octanol–water partition coefficient (Wildman–Crippen LogP) is 9.19. The maximum atomic E-state index is 12.9. The highest BCUT2D eigenvalue weighted by Gasteiger charge is 2.65. The van der Waals surface area contributed by atoms with E-state index in [2.05, 4.69) is 5.32 Å². The summed E-state index contributed by atoms with van der Waals surface area (Å²) in [7, 11) is -9.89. The van der Waals surface area contributed by atoms with Crippen LogP contribution >= 0.6 is 45.0 Å². The molecular weight excluding hydrogens is 586 g/mol. The van der Waals surface area contributed by atoms with E-state index in [1.807, 2.05) is 6.07 Å². The zero-order valence-corrected chi connectivity index (χ0v) is 21.7. The fraction of sp³-hybridized carbons (Fsp3) is 0.130. The molecule has 0 fully saturated rings. The van der Waals surface area contributed by atoms with Crippen LogP contribution < -0.4 is 14.8 Å². The molecular formula is C23H16Cl3F5N2O3S. The smallest absolute Gasteiger partial charge is 0.310 e. The van der Waals surface area contributed by atoms with Gasteiger partial charge < -0.3 is 14.8 Å². The molecule has 0 heterocycles. The molecule has 0 saturated heterocycles. The zero-order chi connectivity index (χ0) is 27.7. The first kappa shape index (κ1) is 28.7. The Morgan fingerprint density at radius 3 is 2.03 bits per heavy atom. The van der Waals surface area contributed by atoms with Crippen LogP contribution in [-0.4, -0.2) is 18.1 Å². The van der Waals surface area contributed by atoms with Gasteiger partial charge in [0.1, 0.15) is 17.3 Å². The highest BCUT2D eigenvalue weighted by Crippen LogP contribution is 3.02. The molecule has 3 aromatic carbocycles. The van der Waals surface area contributed by atoms with E-state index in [0.29, 0.717) is 17.2 Å². The van der Waals surface area contributed by atoms with Crippen molar-refractivity contribution in [1.29, 1.82) is 5.26 Å². The number of nitrogens with one attached hydrogen (secondary N) is 1. The first-order valence-electron chi connectivity index (χ1n) is 10.0. The second-order valence-electron chi connectivity index (χ2n) is 7.95. The molecule has 0 aliphatic rings. The van der Waals surface area contributed by atoms with E-state index in [0.717, 1.165) is 0 Å². The zero-order valence-electron chi connectivity index (χ0n) is 18.6. The summed E-state index contributed by atoms with van der Waals surface area (Å²) in [6, 6.07) is 12.1. The Bertz CT molecular complexity index is 1400. The standard InChI is InChI=1S/C23H16Cl3F5N2O3S/c1-23(12-32,33-22(34)14-2-6-17(7-3-14)37(27,28,29,30)31)13-35-21-11-16(25)5-9-20(21)36-19-8-4-15(24)10-18(19)26/h2-11H,13H2,1H3,(H,33,34)/t23-/m1/s1. The Labute approximate surface area is 223 Å². The highest BCUT2D eigenvalue weighted by atomic mass is 35.5. The molecule has 1 amide bonds. The van der Waals surface area contributed by atoms with Gasteiger partial charge in [-0.3, -0.25) is 4.79 Å². The lowest BCUT2D eigenvalue weighted by Gasteiger charge is -2.40. The van der Waals surface area contributed by atoms with Crippen LogP contribution in [0.25, 0.3) is 0 Å². The molecule has 0 aromatic heterocycles. The van der Waals surface area contributed by atoms with Crippen molar-refractivity contribution in [3.8, 4) is 23.3 Å². The SMILES string of the molecule is C[C@@](C#N)(COc1cc(Cl)ccc1Oc1ccc(Cl)cc1Cl)NC(=O)c1ccc(S(F)(F)(F)(F)F)cc1. The number of carbonyl (C=O) groups excluding carboxylic acids is 1. The number of nitrogens with zero attached hydrogens (tertiary/aromatic N) is 1. The van der Waals surface area contributed by atoms with Gasteiger partial charge in [0, 0.05) is 21.7 Å².